The Kier molecular flexibility index (Phi) is 8.54. The molecule has 4 nitrogen and oxygen atoms in total. The van der Waals surface area contributed by atoms with E-state index < -0.39 is 0 Å². The van der Waals surface area contributed by atoms with Crippen LogP contribution in [-0.4, -0.2) is 25.0 Å². The number of ether oxygens (including phenoxy) is 3. The zero-order valence-corrected chi connectivity index (χ0v) is 15.1. The van der Waals surface area contributed by atoms with Crippen LogP contribution in [-0.2, 0) is 19.0 Å². The van der Waals surface area contributed by atoms with Gasteiger partial charge in [0, 0.05) is 13.0 Å². The van der Waals surface area contributed by atoms with Crippen LogP contribution in [0.4, 0.5) is 0 Å². The number of esters is 1. The summed E-state index contributed by atoms with van der Waals surface area (Å²) in [6.07, 6.45) is 13.0. The summed E-state index contributed by atoms with van der Waals surface area (Å²) >= 11 is 0. The van der Waals surface area contributed by atoms with E-state index in [0.717, 1.165) is 62.9 Å². The van der Waals surface area contributed by atoms with Gasteiger partial charge in [0.15, 0.2) is 6.29 Å². The lowest BCUT2D eigenvalue weighted by Crippen LogP contribution is -2.31. The Labute approximate surface area is 146 Å². The predicted molar refractivity (Wildman–Crippen MR) is 94.4 cm³/mol. The lowest BCUT2D eigenvalue weighted by Gasteiger charge is -2.30. The van der Waals surface area contributed by atoms with Crippen LogP contribution in [0.2, 0.25) is 0 Å². The highest BCUT2D eigenvalue weighted by Gasteiger charge is 2.32. The van der Waals surface area contributed by atoms with Crippen LogP contribution in [0.25, 0.3) is 0 Å². The maximum atomic E-state index is 11.7. The van der Waals surface area contributed by atoms with Gasteiger partial charge in [0.2, 0.25) is 0 Å². The van der Waals surface area contributed by atoms with Gasteiger partial charge in [-0.15, -0.1) is 6.58 Å². The molecule has 1 saturated heterocycles. The standard InChI is InChI=1S/C20H32O4/c1-3-5-7-8-12-17-18(24-20(17)21)15-16(11-6-4-2)23-19-13-9-10-14-22-19/h4,16,19H,2-3,5-15H2,1H3. The smallest absolute Gasteiger partial charge is 0.342 e. The van der Waals surface area contributed by atoms with Gasteiger partial charge in [-0.25, -0.2) is 4.79 Å². The maximum Gasteiger partial charge on any atom is 0.342 e. The molecule has 0 N–H and O–H groups in total. The zero-order chi connectivity index (χ0) is 17.2. The summed E-state index contributed by atoms with van der Waals surface area (Å²) in [5.41, 5.74) is 0.878. The van der Waals surface area contributed by atoms with Crippen LogP contribution in [0.1, 0.15) is 77.6 Å². The molecule has 0 radical (unpaired) electrons. The van der Waals surface area contributed by atoms with Crippen molar-refractivity contribution in [3.05, 3.63) is 24.0 Å². The first-order valence-corrected chi connectivity index (χ1v) is 9.56. The molecule has 24 heavy (non-hydrogen) atoms. The van der Waals surface area contributed by atoms with E-state index in [9.17, 15) is 4.79 Å². The van der Waals surface area contributed by atoms with E-state index in [1.807, 2.05) is 6.08 Å². The zero-order valence-electron chi connectivity index (χ0n) is 15.1. The summed E-state index contributed by atoms with van der Waals surface area (Å²) in [6, 6.07) is 0. The number of carbonyl (C=O) groups is 1. The van der Waals surface area contributed by atoms with Crippen LogP contribution < -0.4 is 0 Å². The number of hydrogen-bond donors (Lipinski definition) is 0. The van der Waals surface area contributed by atoms with Gasteiger partial charge >= 0.3 is 5.97 Å². The third kappa shape index (κ3) is 6.06. The molecule has 2 unspecified atom stereocenters. The fourth-order valence-electron chi connectivity index (χ4n) is 3.20. The number of hydrogen-bond acceptors (Lipinski definition) is 4. The van der Waals surface area contributed by atoms with Crippen LogP contribution >= 0.6 is 0 Å². The first-order chi connectivity index (χ1) is 11.7. The molecule has 0 spiro atoms. The second-order valence-corrected chi connectivity index (χ2v) is 6.73. The molecule has 2 aliphatic heterocycles. The Morgan fingerprint density at radius 3 is 2.88 bits per heavy atom. The molecule has 0 bridgehead atoms. The van der Waals surface area contributed by atoms with Crippen LogP contribution in [0, 0.1) is 0 Å². The van der Waals surface area contributed by atoms with E-state index in [0.29, 0.717) is 6.42 Å². The van der Waals surface area contributed by atoms with Gasteiger partial charge in [0.25, 0.3) is 0 Å². The second kappa shape index (κ2) is 10.7. The van der Waals surface area contributed by atoms with Gasteiger partial charge in [-0.05, 0) is 44.9 Å². The highest BCUT2D eigenvalue weighted by Crippen LogP contribution is 2.31. The number of allylic oxidation sites excluding steroid dienone is 1. The Hall–Kier alpha value is -1.13. The van der Waals surface area contributed by atoms with Crippen molar-refractivity contribution in [2.75, 3.05) is 6.61 Å². The summed E-state index contributed by atoms with van der Waals surface area (Å²) in [7, 11) is 0. The number of unbranched alkanes of at least 4 members (excludes halogenated alkanes) is 3. The molecule has 1 fully saturated rings. The van der Waals surface area contributed by atoms with Crippen molar-refractivity contribution in [2.24, 2.45) is 0 Å². The van der Waals surface area contributed by atoms with Crippen molar-refractivity contribution in [1.82, 2.24) is 0 Å². The molecule has 136 valence electrons. The highest BCUT2D eigenvalue weighted by atomic mass is 16.7. The van der Waals surface area contributed by atoms with Gasteiger partial charge in [-0.3, -0.25) is 0 Å². The van der Waals surface area contributed by atoms with Gasteiger partial charge in [-0.2, -0.15) is 0 Å². The highest BCUT2D eigenvalue weighted by molar-refractivity contribution is 5.95. The van der Waals surface area contributed by atoms with Gasteiger partial charge in [0.05, 0.1) is 11.7 Å². The number of rotatable bonds is 12. The lowest BCUT2D eigenvalue weighted by atomic mass is 9.98. The summed E-state index contributed by atoms with van der Waals surface area (Å²) in [4.78, 5) is 11.7. The Bertz CT molecular complexity index is 435. The van der Waals surface area contributed by atoms with E-state index in [-0.39, 0.29) is 18.4 Å². The fraction of sp³-hybridized carbons (Fsp3) is 0.750. The molecule has 0 aromatic rings. The predicted octanol–water partition coefficient (Wildman–Crippen LogP) is 5.04. The van der Waals surface area contributed by atoms with Crippen LogP contribution in [0.15, 0.2) is 24.0 Å². The molecule has 0 amide bonds. The summed E-state index contributed by atoms with van der Waals surface area (Å²) in [5, 5.41) is 0. The molecule has 2 rings (SSSR count). The molecule has 2 aliphatic rings. The van der Waals surface area contributed by atoms with E-state index in [4.69, 9.17) is 14.2 Å². The van der Waals surface area contributed by atoms with Crippen molar-refractivity contribution in [3.63, 3.8) is 0 Å². The van der Waals surface area contributed by atoms with Crippen LogP contribution in [0.3, 0.4) is 0 Å². The van der Waals surface area contributed by atoms with Crippen LogP contribution in [0.5, 0.6) is 0 Å². The van der Waals surface area contributed by atoms with E-state index in [1.54, 1.807) is 0 Å². The maximum absolute atomic E-state index is 11.7. The first kappa shape index (κ1) is 19.2. The summed E-state index contributed by atoms with van der Waals surface area (Å²) in [6.45, 7) is 6.76. The molecule has 2 atom stereocenters. The third-order valence-corrected chi connectivity index (χ3v) is 4.67. The van der Waals surface area contributed by atoms with Gasteiger partial charge < -0.3 is 14.2 Å². The number of cyclic esters (lactones) is 1. The third-order valence-electron chi connectivity index (χ3n) is 4.67. The van der Waals surface area contributed by atoms with Crippen molar-refractivity contribution < 1.29 is 19.0 Å². The van der Waals surface area contributed by atoms with E-state index >= 15 is 0 Å². The average molecular weight is 336 g/mol. The number of carbonyl (C=O) groups excluding carboxylic acids is 1. The molecule has 0 aromatic heterocycles. The molecule has 4 heteroatoms. The SMILES string of the molecule is C=CCCC(CC1=C(CCCCCC)C(=O)O1)OC1CCCCO1. The minimum atomic E-state index is -0.141. The fourth-order valence-corrected chi connectivity index (χ4v) is 3.20. The molecule has 0 aromatic carbocycles. The largest absolute Gasteiger partial charge is 0.427 e. The Balaban J connectivity index is 1.87. The normalized spacial score (nSPS) is 22.0. The van der Waals surface area contributed by atoms with Gasteiger partial charge in [0.1, 0.15) is 5.76 Å². The molecule has 2 heterocycles. The molecule has 0 aliphatic carbocycles. The monoisotopic (exact) mass is 336 g/mol. The lowest BCUT2D eigenvalue weighted by molar-refractivity contribution is -0.190. The van der Waals surface area contributed by atoms with Crippen molar-refractivity contribution in [2.45, 2.75) is 89.9 Å². The molecular weight excluding hydrogens is 304 g/mol. The summed E-state index contributed by atoms with van der Waals surface area (Å²) < 4.78 is 17.1. The minimum Gasteiger partial charge on any atom is -0.427 e. The van der Waals surface area contributed by atoms with E-state index in [1.165, 1.54) is 19.3 Å². The Morgan fingerprint density at radius 2 is 2.21 bits per heavy atom. The minimum absolute atomic E-state index is 0.0276. The molecule has 0 saturated carbocycles. The topological polar surface area (TPSA) is 44.8 Å². The van der Waals surface area contributed by atoms with Gasteiger partial charge in [-0.1, -0.05) is 32.3 Å². The average Bonchev–Trinajstić information content (AvgIpc) is 2.59. The second-order valence-electron chi connectivity index (χ2n) is 6.73. The van der Waals surface area contributed by atoms with Crippen molar-refractivity contribution in [1.29, 1.82) is 0 Å². The Morgan fingerprint density at radius 1 is 1.33 bits per heavy atom. The quantitative estimate of drug-likeness (QED) is 0.285. The van der Waals surface area contributed by atoms with Crippen molar-refractivity contribution >= 4 is 5.97 Å². The van der Waals surface area contributed by atoms with E-state index in [2.05, 4.69) is 13.5 Å². The van der Waals surface area contributed by atoms with Crippen molar-refractivity contribution in [3.8, 4) is 0 Å². The molecular formula is C20H32O4. The summed E-state index contributed by atoms with van der Waals surface area (Å²) in [5.74, 6) is 0.694. The first-order valence-electron chi connectivity index (χ1n) is 9.56.